The molecule has 4 fully saturated rings. The smallest absolute Gasteiger partial charge is 0.236 e. The van der Waals surface area contributed by atoms with Crippen molar-refractivity contribution in [1.29, 1.82) is 0 Å². The van der Waals surface area contributed by atoms with E-state index in [0.29, 0.717) is 31.3 Å². The number of nitrogens with zero attached hydrogens (tertiary/aromatic N) is 3. The van der Waals surface area contributed by atoms with Crippen molar-refractivity contribution >= 4 is 5.91 Å². The van der Waals surface area contributed by atoms with E-state index in [2.05, 4.69) is 21.9 Å². The van der Waals surface area contributed by atoms with Crippen molar-refractivity contribution < 1.29 is 14.3 Å². The highest BCUT2D eigenvalue weighted by atomic mass is 16.7. The second-order valence-electron chi connectivity index (χ2n) is 8.29. The third-order valence-corrected chi connectivity index (χ3v) is 6.76. The van der Waals surface area contributed by atoms with E-state index in [1.807, 2.05) is 20.2 Å². The maximum Gasteiger partial charge on any atom is 0.236 e. The topological polar surface area (TPSA) is 45.3 Å². The Morgan fingerprint density at radius 2 is 1.92 bits per heavy atom. The van der Waals surface area contributed by atoms with Gasteiger partial charge < -0.3 is 14.4 Å². The number of fused-ring (bicyclic) bond motifs is 3. The van der Waals surface area contributed by atoms with Crippen LogP contribution in [0.4, 0.5) is 0 Å². The minimum Gasteiger partial charge on any atom is -0.454 e. The van der Waals surface area contributed by atoms with Crippen LogP contribution >= 0.6 is 0 Å². The number of likely N-dealkylation sites (tertiary alicyclic amines) is 1. The van der Waals surface area contributed by atoms with E-state index in [9.17, 15) is 4.79 Å². The van der Waals surface area contributed by atoms with Crippen molar-refractivity contribution in [2.24, 2.45) is 5.92 Å². The van der Waals surface area contributed by atoms with E-state index in [1.165, 1.54) is 31.5 Å². The van der Waals surface area contributed by atoms with Gasteiger partial charge in [0.25, 0.3) is 0 Å². The van der Waals surface area contributed by atoms with Crippen LogP contribution in [0.3, 0.4) is 0 Å². The van der Waals surface area contributed by atoms with Crippen LogP contribution in [0.1, 0.15) is 24.3 Å². The normalized spacial score (nSPS) is 34.8. The summed E-state index contributed by atoms with van der Waals surface area (Å²) in [5, 5.41) is 0. The molecule has 0 aromatic heterocycles. The number of likely N-dealkylation sites (N-methyl/N-ethyl adjacent to an activating group) is 1. The third kappa shape index (κ3) is 2.50. The molecule has 0 saturated carbocycles. The first-order valence-corrected chi connectivity index (χ1v) is 9.69. The summed E-state index contributed by atoms with van der Waals surface area (Å²) in [5.74, 6) is 3.05. The summed E-state index contributed by atoms with van der Waals surface area (Å²) < 4.78 is 11.1. The molecule has 6 nitrogen and oxygen atoms in total. The predicted octanol–water partition coefficient (Wildman–Crippen LogP) is 1.37. The van der Waals surface area contributed by atoms with Crippen LogP contribution in [-0.2, 0) is 4.79 Å². The van der Waals surface area contributed by atoms with Gasteiger partial charge in [0.05, 0.1) is 6.54 Å². The van der Waals surface area contributed by atoms with Crippen LogP contribution in [0, 0.1) is 5.92 Å². The monoisotopic (exact) mass is 357 g/mol. The molecule has 0 N–H and O–H groups in total. The highest BCUT2D eigenvalue weighted by Gasteiger charge is 2.53. The molecule has 140 valence electrons. The van der Waals surface area contributed by atoms with Crippen molar-refractivity contribution in [3.05, 3.63) is 23.8 Å². The highest BCUT2D eigenvalue weighted by molar-refractivity contribution is 5.77. The molecule has 6 rings (SSSR count). The molecule has 0 spiro atoms. The number of amides is 1. The first-order valence-electron chi connectivity index (χ1n) is 9.69. The van der Waals surface area contributed by atoms with Gasteiger partial charge in [-0.15, -0.1) is 0 Å². The van der Waals surface area contributed by atoms with E-state index in [1.54, 1.807) is 4.90 Å². The maximum atomic E-state index is 12.4. The first kappa shape index (κ1) is 16.4. The molecule has 1 aromatic carbocycles. The molecule has 4 saturated heterocycles. The quantitative estimate of drug-likeness (QED) is 0.818. The van der Waals surface area contributed by atoms with Gasteiger partial charge in [0.2, 0.25) is 12.7 Å². The molecular weight excluding hydrogens is 330 g/mol. The highest BCUT2D eigenvalue weighted by Crippen LogP contribution is 2.47. The molecule has 6 heteroatoms. The van der Waals surface area contributed by atoms with Crippen LogP contribution < -0.4 is 9.47 Å². The number of hydrogen-bond acceptors (Lipinski definition) is 5. The summed E-state index contributed by atoms with van der Waals surface area (Å²) >= 11 is 0. The number of carbonyl (C=O) groups is 1. The fourth-order valence-electron chi connectivity index (χ4n) is 5.47. The van der Waals surface area contributed by atoms with Gasteiger partial charge >= 0.3 is 0 Å². The van der Waals surface area contributed by atoms with E-state index >= 15 is 0 Å². The Labute approximate surface area is 154 Å². The van der Waals surface area contributed by atoms with E-state index in [-0.39, 0.29) is 5.91 Å². The second kappa shape index (κ2) is 6.13. The molecule has 0 radical (unpaired) electrons. The lowest BCUT2D eigenvalue weighted by atomic mass is 9.75. The van der Waals surface area contributed by atoms with Crippen molar-refractivity contribution in [2.45, 2.75) is 30.8 Å². The van der Waals surface area contributed by atoms with Gasteiger partial charge in [-0.1, -0.05) is 6.07 Å². The predicted molar refractivity (Wildman–Crippen MR) is 97.4 cm³/mol. The zero-order valence-electron chi connectivity index (χ0n) is 15.6. The van der Waals surface area contributed by atoms with Crippen LogP contribution in [-0.4, -0.2) is 79.8 Å². The van der Waals surface area contributed by atoms with Crippen molar-refractivity contribution in [1.82, 2.24) is 14.7 Å². The van der Waals surface area contributed by atoms with Crippen molar-refractivity contribution in [2.75, 3.05) is 47.1 Å². The fourth-order valence-corrected chi connectivity index (χ4v) is 5.47. The van der Waals surface area contributed by atoms with Crippen LogP contribution in [0.25, 0.3) is 0 Å². The molecule has 5 aliphatic heterocycles. The number of rotatable bonds is 3. The van der Waals surface area contributed by atoms with Crippen LogP contribution in [0.2, 0.25) is 0 Å². The van der Waals surface area contributed by atoms with Gasteiger partial charge in [0, 0.05) is 38.6 Å². The van der Waals surface area contributed by atoms with Gasteiger partial charge in [0.1, 0.15) is 0 Å². The molecule has 5 aliphatic rings. The number of carbonyl (C=O) groups excluding carboxylic acids is 1. The molecule has 1 aromatic rings. The maximum absolute atomic E-state index is 12.4. The summed E-state index contributed by atoms with van der Waals surface area (Å²) in [6.45, 7) is 4.18. The molecule has 1 amide bonds. The molecule has 2 bridgehead atoms. The lowest BCUT2D eigenvalue weighted by Crippen LogP contribution is -2.60. The van der Waals surface area contributed by atoms with Gasteiger partial charge in [0.15, 0.2) is 11.5 Å². The van der Waals surface area contributed by atoms with E-state index < -0.39 is 0 Å². The van der Waals surface area contributed by atoms with Gasteiger partial charge in [-0.25, -0.2) is 0 Å². The Kier molecular flexibility index (Phi) is 3.87. The number of piperidine rings is 3. The molecule has 3 atom stereocenters. The van der Waals surface area contributed by atoms with Gasteiger partial charge in [-0.05, 0) is 49.5 Å². The Morgan fingerprint density at radius 3 is 2.69 bits per heavy atom. The zero-order chi connectivity index (χ0) is 17.8. The van der Waals surface area contributed by atoms with E-state index in [4.69, 9.17) is 9.47 Å². The standard InChI is InChI=1S/C20H27N3O3/c1-21(2)18(24)11-23-10-15(14-3-4-16-17(9-14)26-12-25-16)20-19(23)13-5-7-22(20)8-6-13/h3-4,9,13,15,19-20H,5-8,10-12H2,1-2H3/t15-,19+,20+/m1/s1. The molecule has 5 heterocycles. The average molecular weight is 357 g/mol. The summed E-state index contributed by atoms with van der Waals surface area (Å²) in [5.41, 5.74) is 1.32. The fraction of sp³-hybridized carbons (Fsp3) is 0.650. The summed E-state index contributed by atoms with van der Waals surface area (Å²) in [6.07, 6.45) is 2.53. The first-order chi connectivity index (χ1) is 12.6. The Morgan fingerprint density at radius 1 is 1.15 bits per heavy atom. The second-order valence-corrected chi connectivity index (χ2v) is 8.29. The van der Waals surface area contributed by atoms with E-state index in [0.717, 1.165) is 24.0 Å². The summed E-state index contributed by atoms with van der Waals surface area (Å²) in [4.78, 5) is 19.2. The average Bonchev–Trinajstić information content (AvgIpc) is 3.27. The number of benzene rings is 1. The Hall–Kier alpha value is -1.79. The van der Waals surface area contributed by atoms with Gasteiger partial charge in [-0.3, -0.25) is 14.6 Å². The summed E-state index contributed by atoms with van der Waals surface area (Å²) in [6, 6.07) is 7.40. The molecule has 0 aliphatic carbocycles. The molecule has 0 unspecified atom stereocenters. The van der Waals surface area contributed by atoms with Crippen molar-refractivity contribution in [3.8, 4) is 11.5 Å². The largest absolute Gasteiger partial charge is 0.454 e. The Bertz CT molecular complexity index is 714. The number of hydrogen-bond donors (Lipinski definition) is 0. The molecule has 26 heavy (non-hydrogen) atoms. The summed E-state index contributed by atoms with van der Waals surface area (Å²) in [7, 11) is 3.70. The minimum atomic E-state index is 0.200. The molecular formula is C20H27N3O3. The lowest BCUT2D eigenvalue weighted by Gasteiger charge is -2.51. The number of ether oxygens (including phenoxy) is 2. The van der Waals surface area contributed by atoms with Crippen molar-refractivity contribution in [3.63, 3.8) is 0 Å². The zero-order valence-corrected chi connectivity index (χ0v) is 15.6. The SMILES string of the molecule is CN(C)C(=O)CN1C[C@H](c2ccc3c(c2)OCO3)[C@H]2[C@@H]1C1CCN2CC1. The minimum absolute atomic E-state index is 0.200. The van der Waals surface area contributed by atoms with Crippen LogP contribution in [0.5, 0.6) is 11.5 Å². The third-order valence-electron chi connectivity index (χ3n) is 6.76. The van der Waals surface area contributed by atoms with Crippen LogP contribution in [0.15, 0.2) is 18.2 Å². The van der Waals surface area contributed by atoms with Gasteiger partial charge in [-0.2, -0.15) is 0 Å². The lowest BCUT2D eigenvalue weighted by molar-refractivity contribution is -0.131. The Balaban J connectivity index is 1.47.